The van der Waals surface area contributed by atoms with Crippen LogP contribution in [0.4, 0.5) is 0 Å². The summed E-state index contributed by atoms with van der Waals surface area (Å²) in [7, 11) is 3.00. The quantitative estimate of drug-likeness (QED) is 0.702. The molecule has 1 aromatic rings. The van der Waals surface area contributed by atoms with Gasteiger partial charge in [-0.15, -0.1) is 0 Å². The molecule has 0 saturated heterocycles. The summed E-state index contributed by atoms with van der Waals surface area (Å²) in [5, 5.41) is 9.68. The maximum atomic E-state index is 9.68. The van der Waals surface area contributed by atoms with Gasteiger partial charge in [-0.2, -0.15) is 0 Å². The number of ether oxygens (including phenoxy) is 2. The molecule has 1 heterocycles. The summed E-state index contributed by atoms with van der Waals surface area (Å²) < 4.78 is 9.88. The van der Waals surface area contributed by atoms with Crippen molar-refractivity contribution in [2.24, 2.45) is 0 Å². The van der Waals surface area contributed by atoms with Gasteiger partial charge in [0.15, 0.2) is 6.29 Å². The second kappa shape index (κ2) is 5.70. The van der Waals surface area contributed by atoms with Gasteiger partial charge < -0.3 is 14.6 Å². The standard InChI is InChI=1S/C10H15NO3/c1-13-10(14-2)9(12)6-8-4-3-5-11-7-8/h3-5,7,9-10,12H,6H2,1-2H3. The van der Waals surface area contributed by atoms with Gasteiger partial charge in [0.05, 0.1) is 0 Å². The Kier molecular flexibility index (Phi) is 4.52. The number of nitrogens with zero attached hydrogens (tertiary/aromatic N) is 1. The van der Waals surface area contributed by atoms with Crippen LogP contribution in [-0.2, 0) is 15.9 Å². The first-order chi connectivity index (χ1) is 6.77. The minimum Gasteiger partial charge on any atom is -0.387 e. The van der Waals surface area contributed by atoms with Gasteiger partial charge in [-0.3, -0.25) is 4.98 Å². The van der Waals surface area contributed by atoms with Crippen molar-refractivity contribution >= 4 is 0 Å². The van der Waals surface area contributed by atoms with Crippen LogP contribution in [0.3, 0.4) is 0 Å². The van der Waals surface area contributed by atoms with Crippen molar-refractivity contribution in [3.05, 3.63) is 30.1 Å². The number of aliphatic hydroxyl groups excluding tert-OH is 1. The summed E-state index contributed by atoms with van der Waals surface area (Å²) in [5.74, 6) is 0. The molecule has 0 aliphatic heterocycles. The van der Waals surface area contributed by atoms with E-state index in [-0.39, 0.29) is 0 Å². The van der Waals surface area contributed by atoms with E-state index >= 15 is 0 Å². The molecule has 1 N–H and O–H groups in total. The van der Waals surface area contributed by atoms with Crippen LogP contribution in [0.1, 0.15) is 5.56 Å². The summed E-state index contributed by atoms with van der Waals surface area (Å²) in [6.45, 7) is 0. The molecule has 0 spiro atoms. The van der Waals surface area contributed by atoms with Crippen LogP contribution < -0.4 is 0 Å². The molecule has 0 aromatic carbocycles. The molecule has 1 unspecified atom stereocenters. The predicted molar refractivity (Wildman–Crippen MR) is 51.8 cm³/mol. The molecule has 0 radical (unpaired) electrons. The lowest BCUT2D eigenvalue weighted by atomic mass is 10.1. The normalized spacial score (nSPS) is 13.1. The predicted octanol–water partition coefficient (Wildman–Crippen LogP) is 0.604. The first-order valence-corrected chi connectivity index (χ1v) is 4.40. The molecule has 14 heavy (non-hydrogen) atoms. The maximum Gasteiger partial charge on any atom is 0.183 e. The molecule has 0 bridgehead atoms. The molecule has 0 saturated carbocycles. The SMILES string of the molecule is COC(OC)C(O)Cc1cccnc1. The number of aromatic nitrogens is 1. The number of methoxy groups -OCH3 is 2. The molecule has 0 amide bonds. The van der Waals surface area contributed by atoms with Crippen LogP contribution in [0.25, 0.3) is 0 Å². The van der Waals surface area contributed by atoms with Gasteiger partial charge in [0.25, 0.3) is 0 Å². The van der Waals surface area contributed by atoms with Gasteiger partial charge in [0.1, 0.15) is 6.10 Å². The van der Waals surface area contributed by atoms with E-state index in [1.54, 1.807) is 12.4 Å². The largest absolute Gasteiger partial charge is 0.387 e. The van der Waals surface area contributed by atoms with Gasteiger partial charge in [-0.05, 0) is 11.6 Å². The summed E-state index contributed by atoms with van der Waals surface area (Å²) in [5.41, 5.74) is 0.958. The Hall–Kier alpha value is -0.970. The van der Waals surface area contributed by atoms with Crippen LogP contribution in [-0.4, -0.2) is 36.7 Å². The highest BCUT2D eigenvalue weighted by atomic mass is 16.7. The van der Waals surface area contributed by atoms with E-state index in [1.807, 2.05) is 12.1 Å². The lowest BCUT2D eigenvalue weighted by Gasteiger charge is -2.19. The van der Waals surface area contributed by atoms with Crippen LogP contribution in [0.5, 0.6) is 0 Å². The molecule has 1 atom stereocenters. The Labute approximate surface area is 83.5 Å². The van der Waals surface area contributed by atoms with E-state index in [2.05, 4.69) is 4.98 Å². The summed E-state index contributed by atoms with van der Waals surface area (Å²) in [4.78, 5) is 3.96. The van der Waals surface area contributed by atoms with Crippen molar-refractivity contribution in [3.8, 4) is 0 Å². The fourth-order valence-electron chi connectivity index (χ4n) is 1.27. The highest BCUT2D eigenvalue weighted by Crippen LogP contribution is 2.07. The molecule has 4 heteroatoms. The van der Waals surface area contributed by atoms with Gasteiger partial charge >= 0.3 is 0 Å². The van der Waals surface area contributed by atoms with E-state index < -0.39 is 12.4 Å². The number of hydrogen-bond donors (Lipinski definition) is 1. The Morgan fingerprint density at radius 2 is 2.14 bits per heavy atom. The smallest absolute Gasteiger partial charge is 0.183 e. The molecule has 4 nitrogen and oxygen atoms in total. The van der Waals surface area contributed by atoms with Crippen LogP contribution in [0.2, 0.25) is 0 Å². The topological polar surface area (TPSA) is 51.6 Å². The minimum absolute atomic E-state index is 0.472. The zero-order valence-corrected chi connectivity index (χ0v) is 8.38. The van der Waals surface area contributed by atoms with Crippen molar-refractivity contribution < 1.29 is 14.6 Å². The third kappa shape index (κ3) is 3.06. The van der Waals surface area contributed by atoms with E-state index in [1.165, 1.54) is 14.2 Å². The second-order valence-corrected chi connectivity index (χ2v) is 2.97. The number of aliphatic hydroxyl groups is 1. The average molecular weight is 197 g/mol. The lowest BCUT2D eigenvalue weighted by molar-refractivity contribution is -0.163. The van der Waals surface area contributed by atoms with Gasteiger partial charge in [0.2, 0.25) is 0 Å². The Balaban J connectivity index is 2.52. The summed E-state index contributed by atoms with van der Waals surface area (Å²) in [6, 6.07) is 3.73. The van der Waals surface area contributed by atoms with E-state index in [9.17, 15) is 5.11 Å². The van der Waals surface area contributed by atoms with E-state index in [0.717, 1.165) is 5.56 Å². The Morgan fingerprint density at radius 1 is 1.43 bits per heavy atom. The molecule has 0 fully saturated rings. The second-order valence-electron chi connectivity index (χ2n) is 2.97. The van der Waals surface area contributed by atoms with Crippen molar-refractivity contribution in [2.75, 3.05) is 14.2 Å². The molecule has 0 aliphatic rings. The van der Waals surface area contributed by atoms with E-state index in [0.29, 0.717) is 6.42 Å². The van der Waals surface area contributed by atoms with Crippen molar-refractivity contribution in [1.29, 1.82) is 0 Å². The first kappa shape index (κ1) is 11.1. The first-order valence-electron chi connectivity index (χ1n) is 4.40. The van der Waals surface area contributed by atoms with Gasteiger partial charge in [-0.25, -0.2) is 0 Å². The molecule has 1 rings (SSSR count). The Morgan fingerprint density at radius 3 is 2.64 bits per heavy atom. The molecule has 0 aliphatic carbocycles. The molecule has 1 aromatic heterocycles. The Bertz CT molecular complexity index is 249. The number of hydrogen-bond acceptors (Lipinski definition) is 4. The summed E-state index contributed by atoms with van der Waals surface area (Å²) >= 11 is 0. The van der Waals surface area contributed by atoms with E-state index in [4.69, 9.17) is 9.47 Å². The highest BCUT2D eigenvalue weighted by Gasteiger charge is 2.17. The maximum absolute atomic E-state index is 9.68. The third-order valence-electron chi connectivity index (χ3n) is 1.95. The highest BCUT2D eigenvalue weighted by molar-refractivity contribution is 5.09. The monoisotopic (exact) mass is 197 g/mol. The van der Waals surface area contributed by atoms with Crippen molar-refractivity contribution in [1.82, 2.24) is 4.98 Å². The van der Waals surface area contributed by atoms with Crippen molar-refractivity contribution in [2.45, 2.75) is 18.8 Å². The number of pyridine rings is 1. The van der Waals surface area contributed by atoms with Crippen LogP contribution >= 0.6 is 0 Å². The third-order valence-corrected chi connectivity index (χ3v) is 1.95. The van der Waals surface area contributed by atoms with Gasteiger partial charge in [-0.1, -0.05) is 6.07 Å². The zero-order chi connectivity index (χ0) is 10.4. The average Bonchev–Trinajstić information content (AvgIpc) is 2.21. The summed E-state index contributed by atoms with van der Waals surface area (Å²) in [6.07, 6.45) is 2.62. The van der Waals surface area contributed by atoms with Crippen LogP contribution in [0.15, 0.2) is 24.5 Å². The zero-order valence-electron chi connectivity index (χ0n) is 8.38. The number of rotatable bonds is 5. The molecular formula is C10H15NO3. The van der Waals surface area contributed by atoms with Crippen molar-refractivity contribution in [3.63, 3.8) is 0 Å². The molecular weight excluding hydrogens is 182 g/mol. The minimum atomic E-state index is -0.672. The molecule has 78 valence electrons. The lowest BCUT2D eigenvalue weighted by Crippen LogP contribution is -2.31. The van der Waals surface area contributed by atoms with Crippen LogP contribution in [0, 0.1) is 0 Å². The fraction of sp³-hybridized carbons (Fsp3) is 0.500. The fourth-order valence-corrected chi connectivity index (χ4v) is 1.27. The van der Waals surface area contributed by atoms with Gasteiger partial charge in [0, 0.05) is 33.0 Å².